The number of sulfonamides is 1. The summed E-state index contributed by atoms with van der Waals surface area (Å²) in [6.45, 7) is 1.93. The highest BCUT2D eigenvalue weighted by Gasteiger charge is 2.22. The molecule has 0 radical (unpaired) electrons. The average molecular weight is 359 g/mol. The molecule has 7 heteroatoms. The quantitative estimate of drug-likeness (QED) is 0.785. The number of carbonyl (C=O) groups is 1. The van der Waals surface area contributed by atoms with Gasteiger partial charge in [-0.2, -0.15) is 4.31 Å². The maximum Gasteiger partial charge on any atom is 0.223 e. The van der Waals surface area contributed by atoms with Crippen LogP contribution in [0.15, 0.2) is 24.3 Å². The van der Waals surface area contributed by atoms with E-state index >= 15 is 0 Å². The van der Waals surface area contributed by atoms with E-state index in [1.807, 2.05) is 11.0 Å². The Labute approximate surface area is 143 Å². The lowest BCUT2D eigenvalue weighted by Crippen LogP contribution is -2.39. The minimum atomic E-state index is -3.40. The van der Waals surface area contributed by atoms with Crippen molar-refractivity contribution < 1.29 is 13.2 Å². The number of nitrogens with zero attached hydrogens (tertiary/aromatic N) is 2. The standard InChI is InChI=1S/C16H23ClN2O3S/c1-23(21,22)19(13-14-7-3-4-8-15(14)17)12-9-16(20)18-10-5-2-6-11-18/h3-4,7-8H,2,5-6,9-13H2,1H3. The summed E-state index contributed by atoms with van der Waals surface area (Å²) in [6.07, 6.45) is 4.58. The first-order chi connectivity index (χ1) is 10.9. The second-order valence-corrected chi connectivity index (χ2v) is 8.27. The molecule has 0 aliphatic carbocycles. The van der Waals surface area contributed by atoms with Crippen molar-refractivity contribution in [1.29, 1.82) is 0 Å². The van der Waals surface area contributed by atoms with Gasteiger partial charge >= 0.3 is 0 Å². The molecule has 5 nitrogen and oxygen atoms in total. The Morgan fingerprint density at radius 3 is 2.48 bits per heavy atom. The van der Waals surface area contributed by atoms with Crippen LogP contribution in [0.2, 0.25) is 5.02 Å². The number of rotatable bonds is 6. The SMILES string of the molecule is CS(=O)(=O)N(CCC(=O)N1CCCCC1)Cc1ccccc1Cl. The first-order valence-corrected chi connectivity index (χ1v) is 10.1. The fraction of sp³-hybridized carbons (Fsp3) is 0.562. The molecule has 1 aliphatic rings. The minimum Gasteiger partial charge on any atom is -0.343 e. The Kier molecular flexibility index (Phi) is 6.44. The Morgan fingerprint density at radius 1 is 1.22 bits per heavy atom. The highest BCUT2D eigenvalue weighted by atomic mass is 35.5. The zero-order chi connectivity index (χ0) is 16.9. The molecular weight excluding hydrogens is 336 g/mol. The van der Waals surface area contributed by atoms with Crippen LogP contribution < -0.4 is 0 Å². The van der Waals surface area contributed by atoms with E-state index in [-0.39, 0.29) is 25.4 Å². The van der Waals surface area contributed by atoms with Crippen LogP contribution >= 0.6 is 11.6 Å². The van der Waals surface area contributed by atoms with E-state index in [2.05, 4.69) is 0 Å². The van der Waals surface area contributed by atoms with Crippen molar-refractivity contribution in [3.8, 4) is 0 Å². The molecule has 0 unspecified atom stereocenters. The number of hydrogen-bond donors (Lipinski definition) is 0. The molecule has 0 bridgehead atoms. The fourth-order valence-electron chi connectivity index (χ4n) is 2.70. The molecule has 0 aromatic heterocycles. The van der Waals surface area contributed by atoms with E-state index in [0.29, 0.717) is 5.02 Å². The Balaban J connectivity index is 1.99. The van der Waals surface area contributed by atoms with Gasteiger partial charge in [0, 0.05) is 37.6 Å². The molecule has 0 saturated carbocycles. The van der Waals surface area contributed by atoms with Gasteiger partial charge in [-0.25, -0.2) is 8.42 Å². The van der Waals surface area contributed by atoms with Crippen LogP contribution in [0.3, 0.4) is 0 Å². The number of benzene rings is 1. The van der Waals surface area contributed by atoms with E-state index in [0.717, 1.165) is 44.2 Å². The highest BCUT2D eigenvalue weighted by Crippen LogP contribution is 2.19. The van der Waals surface area contributed by atoms with Crippen LogP contribution in [-0.4, -0.2) is 49.4 Å². The minimum absolute atomic E-state index is 0.0255. The predicted molar refractivity (Wildman–Crippen MR) is 91.8 cm³/mol. The van der Waals surface area contributed by atoms with Crippen LogP contribution in [0.5, 0.6) is 0 Å². The molecule has 1 saturated heterocycles. The summed E-state index contributed by atoms with van der Waals surface area (Å²) in [5.74, 6) is 0.0255. The van der Waals surface area contributed by atoms with Crippen LogP contribution in [0.4, 0.5) is 0 Å². The average Bonchev–Trinajstić information content (AvgIpc) is 2.52. The second-order valence-electron chi connectivity index (χ2n) is 5.88. The molecule has 1 aromatic carbocycles. The third kappa shape index (κ3) is 5.48. The Hall–Kier alpha value is -1.11. The van der Waals surface area contributed by atoms with Gasteiger partial charge in [-0.3, -0.25) is 4.79 Å². The maximum absolute atomic E-state index is 12.2. The second kappa shape index (κ2) is 8.13. The summed E-state index contributed by atoms with van der Waals surface area (Å²) in [5.41, 5.74) is 0.741. The summed E-state index contributed by atoms with van der Waals surface area (Å²) in [7, 11) is -3.40. The molecule has 0 N–H and O–H groups in total. The first-order valence-electron chi connectivity index (χ1n) is 7.84. The molecule has 1 heterocycles. The van der Waals surface area contributed by atoms with Crippen molar-refractivity contribution in [3.63, 3.8) is 0 Å². The van der Waals surface area contributed by atoms with Gasteiger partial charge in [0.1, 0.15) is 0 Å². The van der Waals surface area contributed by atoms with Crippen molar-refractivity contribution in [1.82, 2.24) is 9.21 Å². The molecule has 2 rings (SSSR count). The maximum atomic E-state index is 12.2. The highest BCUT2D eigenvalue weighted by molar-refractivity contribution is 7.88. The van der Waals surface area contributed by atoms with Gasteiger partial charge < -0.3 is 4.90 Å². The number of amides is 1. The van der Waals surface area contributed by atoms with E-state index in [9.17, 15) is 13.2 Å². The zero-order valence-corrected chi connectivity index (χ0v) is 14.9. The van der Waals surface area contributed by atoms with Crippen molar-refractivity contribution in [3.05, 3.63) is 34.9 Å². The van der Waals surface area contributed by atoms with Gasteiger partial charge in [-0.15, -0.1) is 0 Å². The van der Waals surface area contributed by atoms with Gasteiger partial charge in [0.2, 0.25) is 15.9 Å². The molecule has 0 spiro atoms. The summed E-state index contributed by atoms with van der Waals surface area (Å²) in [4.78, 5) is 14.1. The molecule has 1 fully saturated rings. The molecule has 128 valence electrons. The molecule has 23 heavy (non-hydrogen) atoms. The summed E-state index contributed by atoms with van der Waals surface area (Å²) in [5, 5.41) is 0.531. The van der Waals surface area contributed by atoms with Crippen LogP contribution in [0.1, 0.15) is 31.2 Å². The van der Waals surface area contributed by atoms with E-state index in [1.165, 1.54) is 4.31 Å². The molecular formula is C16H23ClN2O3S. The fourth-order valence-corrected chi connectivity index (χ4v) is 3.69. The van der Waals surface area contributed by atoms with Crippen molar-refractivity contribution >= 4 is 27.5 Å². The Bertz CT molecular complexity index is 642. The lowest BCUT2D eigenvalue weighted by atomic mass is 10.1. The number of carbonyl (C=O) groups excluding carboxylic acids is 1. The van der Waals surface area contributed by atoms with Gasteiger partial charge in [0.25, 0.3) is 0 Å². The Morgan fingerprint density at radius 2 is 1.87 bits per heavy atom. The van der Waals surface area contributed by atoms with Crippen LogP contribution in [0.25, 0.3) is 0 Å². The molecule has 1 aromatic rings. The van der Waals surface area contributed by atoms with Gasteiger partial charge in [-0.1, -0.05) is 29.8 Å². The van der Waals surface area contributed by atoms with Crippen molar-refractivity contribution in [2.45, 2.75) is 32.2 Å². The smallest absolute Gasteiger partial charge is 0.223 e. The van der Waals surface area contributed by atoms with Crippen LogP contribution in [0, 0.1) is 0 Å². The van der Waals surface area contributed by atoms with E-state index in [4.69, 9.17) is 11.6 Å². The molecule has 1 aliphatic heterocycles. The molecule has 0 atom stereocenters. The predicted octanol–water partition coefficient (Wildman–Crippen LogP) is 2.50. The van der Waals surface area contributed by atoms with Gasteiger partial charge in [-0.05, 0) is 30.9 Å². The molecule has 1 amide bonds. The van der Waals surface area contributed by atoms with E-state index in [1.54, 1.807) is 18.2 Å². The third-order valence-electron chi connectivity index (χ3n) is 4.06. The van der Waals surface area contributed by atoms with Crippen LogP contribution in [-0.2, 0) is 21.4 Å². The van der Waals surface area contributed by atoms with Crippen molar-refractivity contribution in [2.24, 2.45) is 0 Å². The zero-order valence-electron chi connectivity index (χ0n) is 13.4. The van der Waals surface area contributed by atoms with Crippen molar-refractivity contribution in [2.75, 3.05) is 25.9 Å². The summed E-state index contributed by atoms with van der Waals surface area (Å²) < 4.78 is 25.3. The summed E-state index contributed by atoms with van der Waals surface area (Å²) in [6, 6.07) is 7.15. The first kappa shape index (κ1) is 18.2. The number of piperidine rings is 1. The lowest BCUT2D eigenvalue weighted by molar-refractivity contribution is -0.132. The summed E-state index contributed by atoms with van der Waals surface area (Å²) >= 11 is 6.11. The number of likely N-dealkylation sites (tertiary alicyclic amines) is 1. The number of hydrogen-bond acceptors (Lipinski definition) is 3. The largest absolute Gasteiger partial charge is 0.343 e. The normalized spacial score (nSPS) is 15.9. The lowest BCUT2D eigenvalue weighted by Gasteiger charge is -2.28. The topological polar surface area (TPSA) is 57.7 Å². The van der Waals surface area contributed by atoms with E-state index < -0.39 is 10.0 Å². The number of halogens is 1. The monoisotopic (exact) mass is 358 g/mol. The third-order valence-corrected chi connectivity index (χ3v) is 5.68. The van der Waals surface area contributed by atoms with Gasteiger partial charge in [0.05, 0.1) is 6.26 Å². The van der Waals surface area contributed by atoms with Gasteiger partial charge in [0.15, 0.2) is 0 Å².